The highest BCUT2D eigenvalue weighted by molar-refractivity contribution is 5.82. The third kappa shape index (κ3) is 0.884. The summed E-state index contributed by atoms with van der Waals surface area (Å²) < 4.78 is 0. The lowest BCUT2D eigenvalue weighted by Gasteiger charge is -2.33. The summed E-state index contributed by atoms with van der Waals surface area (Å²) in [5, 5.41) is 0. The molecule has 4 unspecified atom stereocenters. The first-order chi connectivity index (χ1) is 5.86. The summed E-state index contributed by atoms with van der Waals surface area (Å²) in [6.45, 7) is 0. The molecule has 0 amide bonds. The standard InChI is InChI=1S/C11H16O/c12-10-3-1-2-7-4-5-8-6-9(8)11(7)10/h7-9,11H,1-6H2. The van der Waals surface area contributed by atoms with Crippen molar-refractivity contribution >= 4 is 5.78 Å². The molecule has 0 spiro atoms. The van der Waals surface area contributed by atoms with Crippen LogP contribution in [0.15, 0.2) is 0 Å². The molecular weight excluding hydrogens is 148 g/mol. The summed E-state index contributed by atoms with van der Waals surface area (Å²) in [4.78, 5) is 11.7. The van der Waals surface area contributed by atoms with Crippen LogP contribution in [0.5, 0.6) is 0 Å². The predicted molar refractivity (Wildman–Crippen MR) is 46.7 cm³/mol. The van der Waals surface area contributed by atoms with E-state index in [1.165, 1.54) is 32.1 Å². The molecule has 3 rings (SSSR count). The van der Waals surface area contributed by atoms with Gasteiger partial charge in [-0.3, -0.25) is 4.79 Å². The van der Waals surface area contributed by atoms with E-state index in [2.05, 4.69) is 0 Å². The van der Waals surface area contributed by atoms with Crippen LogP contribution in [-0.2, 0) is 4.79 Å². The molecule has 0 aromatic carbocycles. The van der Waals surface area contributed by atoms with Crippen molar-refractivity contribution < 1.29 is 4.79 Å². The van der Waals surface area contributed by atoms with E-state index in [0.717, 1.165) is 24.2 Å². The van der Waals surface area contributed by atoms with E-state index in [1.54, 1.807) is 0 Å². The van der Waals surface area contributed by atoms with Crippen LogP contribution in [0, 0.1) is 23.7 Å². The number of hydrogen-bond acceptors (Lipinski definition) is 1. The molecule has 0 bridgehead atoms. The highest BCUT2D eigenvalue weighted by Gasteiger charge is 2.52. The SMILES string of the molecule is O=C1CCCC2CCC3CC3C12. The second kappa shape index (κ2) is 2.34. The van der Waals surface area contributed by atoms with Crippen LogP contribution in [0.2, 0.25) is 0 Å². The Kier molecular flexibility index (Phi) is 1.38. The summed E-state index contributed by atoms with van der Waals surface area (Å²) in [5.74, 6) is 3.75. The smallest absolute Gasteiger partial charge is 0.136 e. The van der Waals surface area contributed by atoms with Gasteiger partial charge in [0.25, 0.3) is 0 Å². The molecule has 3 fully saturated rings. The summed E-state index contributed by atoms with van der Waals surface area (Å²) in [7, 11) is 0. The number of rotatable bonds is 0. The molecule has 0 heterocycles. The van der Waals surface area contributed by atoms with Gasteiger partial charge in [-0.05, 0) is 49.9 Å². The maximum Gasteiger partial charge on any atom is 0.136 e. The largest absolute Gasteiger partial charge is 0.299 e. The number of Topliss-reactive ketones (excluding diaryl/α,β-unsaturated/α-hetero) is 1. The minimum absolute atomic E-state index is 0.525. The molecule has 0 aliphatic heterocycles. The maximum absolute atomic E-state index is 11.7. The maximum atomic E-state index is 11.7. The topological polar surface area (TPSA) is 17.1 Å². The molecule has 3 saturated carbocycles. The van der Waals surface area contributed by atoms with E-state index in [1.807, 2.05) is 0 Å². The van der Waals surface area contributed by atoms with Crippen molar-refractivity contribution in [2.24, 2.45) is 23.7 Å². The lowest BCUT2D eigenvalue weighted by atomic mass is 9.70. The normalized spacial score (nSPS) is 51.2. The van der Waals surface area contributed by atoms with Crippen LogP contribution in [0.4, 0.5) is 0 Å². The van der Waals surface area contributed by atoms with Crippen molar-refractivity contribution in [3.05, 3.63) is 0 Å². The Morgan fingerprint density at radius 3 is 2.83 bits per heavy atom. The number of hydrogen-bond donors (Lipinski definition) is 0. The van der Waals surface area contributed by atoms with Gasteiger partial charge in [-0.2, -0.15) is 0 Å². The van der Waals surface area contributed by atoms with E-state index in [9.17, 15) is 4.79 Å². The summed E-state index contributed by atoms with van der Waals surface area (Å²) in [6, 6.07) is 0. The fourth-order valence-electron chi connectivity index (χ4n) is 3.53. The highest BCUT2D eigenvalue weighted by Crippen LogP contribution is 2.57. The van der Waals surface area contributed by atoms with Gasteiger partial charge in [-0.1, -0.05) is 0 Å². The molecule has 0 aromatic heterocycles. The quantitative estimate of drug-likeness (QED) is 0.537. The van der Waals surface area contributed by atoms with E-state index >= 15 is 0 Å². The van der Waals surface area contributed by atoms with Crippen molar-refractivity contribution in [3.8, 4) is 0 Å². The fraction of sp³-hybridized carbons (Fsp3) is 0.909. The molecule has 0 N–H and O–H groups in total. The van der Waals surface area contributed by atoms with Crippen molar-refractivity contribution in [3.63, 3.8) is 0 Å². The molecule has 66 valence electrons. The van der Waals surface area contributed by atoms with Crippen LogP contribution in [0.3, 0.4) is 0 Å². The minimum atomic E-state index is 0.525. The summed E-state index contributed by atoms with van der Waals surface area (Å²) >= 11 is 0. The van der Waals surface area contributed by atoms with E-state index in [-0.39, 0.29) is 0 Å². The van der Waals surface area contributed by atoms with Gasteiger partial charge in [0.05, 0.1) is 0 Å². The molecule has 1 heteroatoms. The highest BCUT2D eigenvalue weighted by atomic mass is 16.1. The first kappa shape index (κ1) is 7.11. The van der Waals surface area contributed by atoms with Crippen molar-refractivity contribution in [2.45, 2.75) is 38.5 Å². The second-order valence-corrected chi connectivity index (χ2v) is 4.88. The third-order valence-corrected chi connectivity index (χ3v) is 4.22. The first-order valence-corrected chi connectivity index (χ1v) is 5.39. The van der Waals surface area contributed by atoms with Gasteiger partial charge in [0.1, 0.15) is 5.78 Å². The van der Waals surface area contributed by atoms with Gasteiger partial charge in [0.2, 0.25) is 0 Å². The minimum Gasteiger partial charge on any atom is -0.299 e. The predicted octanol–water partition coefficient (Wildman–Crippen LogP) is 2.40. The van der Waals surface area contributed by atoms with Gasteiger partial charge < -0.3 is 0 Å². The number of carbonyl (C=O) groups is 1. The lowest BCUT2D eigenvalue weighted by molar-refractivity contribution is -0.128. The molecule has 3 aliphatic rings. The van der Waals surface area contributed by atoms with Gasteiger partial charge in [-0.15, -0.1) is 0 Å². The van der Waals surface area contributed by atoms with Crippen molar-refractivity contribution in [1.29, 1.82) is 0 Å². The number of ketones is 1. The van der Waals surface area contributed by atoms with Crippen molar-refractivity contribution in [1.82, 2.24) is 0 Å². The van der Waals surface area contributed by atoms with Crippen LogP contribution < -0.4 is 0 Å². The summed E-state index contributed by atoms with van der Waals surface area (Å²) in [5.41, 5.74) is 0. The number of fused-ring (bicyclic) bond motifs is 3. The second-order valence-electron chi connectivity index (χ2n) is 4.88. The number of carbonyl (C=O) groups excluding carboxylic acids is 1. The molecule has 0 aromatic rings. The Morgan fingerprint density at radius 1 is 1.08 bits per heavy atom. The Morgan fingerprint density at radius 2 is 1.92 bits per heavy atom. The van der Waals surface area contributed by atoms with Gasteiger partial charge >= 0.3 is 0 Å². The third-order valence-electron chi connectivity index (χ3n) is 4.22. The molecule has 12 heavy (non-hydrogen) atoms. The lowest BCUT2D eigenvalue weighted by Crippen LogP contribution is -2.33. The van der Waals surface area contributed by atoms with Gasteiger partial charge in [0.15, 0.2) is 0 Å². The Bertz CT molecular complexity index is 221. The molecule has 3 aliphatic carbocycles. The van der Waals surface area contributed by atoms with E-state index in [4.69, 9.17) is 0 Å². The zero-order valence-electron chi connectivity index (χ0n) is 7.46. The molecular formula is C11H16O. The Labute approximate surface area is 73.5 Å². The van der Waals surface area contributed by atoms with Crippen LogP contribution in [0.1, 0.15) is 38.5 Å². The average molecular weight is 164 g/mol. The Balaban J connectivity index is 1.84. The van der Waals surface area contributed by atoms with Gasteiger partial charge in [-0.25, -0.2) is 0 Å². The van der Waals surface area contributed by atoms with Crippen molar-refractivity contribution in [2.75, 3.05) is 0 Å². The molecule has 1 nitrogen and oxygen atoms in total. The zero-order valence-corrected chi connectivity index (χ0v) is 7.46. The monoisotopic (exact) mass is 164 g/mol. The molecule has 4 atom stereocenters. The first-order valence-electron chi connectivity index (χ1n) is 5.39. The molecule has 0 saturated heterocycles. The van der Waals surface area contributed by atoms with Crippen LogP contribution in [-0.4, -0.2) is 5.78 Å². The van der Waals surface area contributed by atoms with Crippen LogP contribution in [0.25, 0.3) is 0 Å². The Hall–Kier alpha value is -0.330. The van der Waals surface area contributed by atoms with Gasteiger partial charge in [0, 0.05) is 12.3 Å². The van der Waals surface area contributed by atoms with E-state index in [0.29, 0.717) is 11.7 Å². The van der Waals surface area contributed by atoms with E-state index < -0.39 is 0 Å². The molecule has 0 radical (unpaired) electrons. The zero-order chi connectivity index (χ0) is 8.13. The van der Waals surface area contributed by atoms with Crippen LogP contribution >= 0.6 is 0 Å². The fourth-order valence-corrected chi connectivity index (χ4v) is 3.53. The average Bonchev–Trinajstić information content (AvgIpc) is 2.82. The summed E-state index contributed by atoms with van der Waals surface area (Å²) in [6.07, 6.45) is 7.59.